The van der Waals surface area contributed by atoms with Crippen LogP contribution in [0.4, 0.5) is 0 Å². The Bertz CT molecular complexity index is 852. The summed E-state index contributed by atoms with van der Waals surface area (Å²) in [5.74, 6) is 0.00196. The quantitative estimate of drug-likeness (QED) is 0.691. The summed E-state index contributed by atoms with van der Waals surface area (Å²) in [6, 6.07) is 20.8. The smallest absolute Gasteiger partial charge is 0.338 e. The molecular weight excluding hydrogens is 316 g/mol. The summed E-state index contributed by atoms with van der Waals surface area (Å²) in [6.45, 7) is 0.145. The molecule has 126 valence electrons. The van der Waals surface area contributed by atoms with Crippen LogP contribution in [0.3, 0.4) is 0 Å². The molecule has 0 radical (unpaired) electrons. The summed E-state index contributed by atoms with van der Waals surface area (Å²) in [5, 5.41) is 18.7. The van der Waals surface area contributed by atoms with Gasteiger partial charge in [0.1, 0.15) is 18.1 Å². The first kappa shape index (κ1) is 16.6. The first-order valence-corrected chi connectivity index (χ1v) is 7.92. The van der Waals surface area contributed by atoms with Gasteiger partial charge < -0.3 is 14.9 Å². The highest BCUT2D eigenvalue weighted by molar-refractivity contribution is 5.91. The number of hydrogen-bond donors (Lipinski definition) is 2. The molecule has 0 saturated heterocycles. The summed E-state index contributed by atoms with van der Waals surface area (Å²) in [6.07, 6.45) is 0.574. The molecular formula is C21H18O4. The predicted molar refractivity (Wildman–Crippen MR) is 94.6 cm³/mol. The number of phenolic OH excluding ortho intramolecular Hbond substituents is 2. The van der Waals surface area contributed by atoms with Crippen molar-refractivity contribution in [2.45, 2.75) is 13.0 Å². The molecule has 0 fully saturated rings. The molecule has 2 N–H and O–H groups in total. The van der Waals surface area contributed by atoms with Crippen molar-refractivity contribution in [1.29, 1.82) is 0 Å². The van der Waals surface area contributed by atoms with E-state index in [1.807, 2.05) is 24.3 Å². The van der Waals surface area contributed by atoms with E-state index in [1.54, 1.807) is 48.5 Å². The van der Waals surface area contributed by atoms with Crippen molar-refractivity contribution < 1.29 is 19.7 Å². The Balaban J connectivity index is 1.71. The van der Waals surface area contributed by atoms with Gasteiger partial charge in [0.15, 0.2) is 0 Å². The Kier molecular flexibility index (Phi) is 5.00. The Morgan fingerprint density at radius 1 is 0.760 bits per heavy atom. The van der Waals surface area contributed by atoms with Gasteiger partial charge in [-0.05, 0) is 53.4 Å². The zero-order chi connectivity index (χ0) is 17.6. The van der Waals surface area contributed by atoms with Crippen LogP contribution in [0.25, 0.3) is 0 Å². The second kappa shape index (κ2) is 7.53. The molecule has 0 amide bonds. The number of carbonyl (C=O) groups is 1. The molecule has 0 spiro atoms. The van der Waals surface area contributed by atoms with E-state index >= 15 is 0 Å². The first-order chi connectivity index (χ1) is 12.1. The van der Waals surface area contributed by atoms with Gasteiger partial charge in [0.25, 0.3) is 0 Å². The Labute approximate surface area is 146 Å². The number of ether oxygens (including phenoxy) is 1. The van der Waals surface area contributed by atoms with Gasteiger partial charge in [0.05, 0.1) is 5.56 Å². The second-order valence-corrected chi connectivity index (χ2v) is 5.74. The van der Waals surface area contributed by atoms with Crippen molar-refractivity contribution in [2.75, 3.05) is 0 Å². The molecule has 25 heavy (non-hydrogen) atoms. The monoisotopic (exact) mass is 334 g/mol. The van der Waals surface area contributed by atoms with E-state index in [2.05, 4.69) is 0 Å². The van der Waals surface area contributed by atoms with Gasteiger partial charge in [-0.2, -0.15) is 0 Å². The van der Waals surface area contributed by atoms with E-state index in [1.165, 1.54) is 0 Å². The minimum absolute atomic E-state index is 0.145. The minimum atomic E-state index is -0.387. The molecule has 0 heterocycles. The van der Waals surface area contributed by atoms with E-state index < -0.39 is 0 Å². The van der Waals surface area contributed by atoms with E-state index in [-0.39, 0.29) is 24.1 Å². The van der Waals surface area contributed by atoms with E-state index in [0.717, 1.165) is 16.7 Å². The normalized spacial score (nSPS) is 10.4. The van der Waals surface area contributed by atoms with Crippen LogP contribution in [-0.4, -0.2) is 16.2 Å². The molecule has 0 aromatic heterocycles. The Morgan fingerprint density at radius 2 is 1.32 bits per heavy atom. The van der Waals surface area contributed by atoms with Crippen LogP contribution in [0.15, 0.2) is 72.8 Å². The molecule has 3 aromatic carbocycles. The molecule has 3 rings (SSSR count). The average molecular weight is 334 g/mol. The van der Waals surface area contributed by atoms with E-state index in [0.29, 0.717) is 12.0 Å². The average Bonchev–Trinajstić information content (AvgIpc) is 2.63. The first-order valence-electron chi connectivity index (χ1n) is 7.92. The highest BCUT2D eigenvalue weighted by Crippen LogP contribution is 2.18. The number of hydrogen-bond acceptors (Lipinski definition) is 4. The van der Waals surface area contributed by atoms with Crippen LogP contribution >= 0.6 is 0 Å². The minimum Gasteiger partial charge on any atom is -0.508 e. The lowest BCUT2D eigenvalue weighted by atomic mass is 10.00. The van der Waals surface area contributed by atoms with Gasteiger partial charge in [-0.25, -0.2) is 4.79 Å². The molecule has 0 unspecified atom stereocenters. The van der Waals surface area contributed by atoms with Crippen molar-refractivity contribution in [3.05, 3.63) is 95.1 Å². The maximum atomic E-state index is 12.4. The zero-order valence-corrected chi connectivity index (χ0v) is 13.6. The summed E-state index contributed by atoms with van der Waals surface area (Å²) in [5.41, 5.74) is 3.19. The summed E-state index contributed by atoms with van der Waals surface area (Å²) in [7, 11) is 0. The number of benzene rings is 3. The van der Waals surface area contributed by atoms with Gasteiger partial charge >= 0.3 is 5.97 Å². The molecule has 3 aromatic rings. The van der Waals surface area contributed by atoms with Gasteiger partial charge in [0.2, 0.25) is 0 Å². The Morgan fingerprint density at radius 3 is 1.96 bits per heavy atom. The number of carbonyl (C=O) groups excluding carboxylic acids is 1. The largest absolute Gasteiger partial charge is 0.508 e. The van der Waals surface area contributed by atoms with Crippen molar-refractivity contribution in [3.63, 3.8) is 0 Å². The van der Waals surface area contributed by atoms with Gasteiger partial charge in [0, 0.05) is 0 Å². The topological polar surface area (TPSA) is 66.8 Å². The maximum Gasteiger partial charge on any atom is 0.338 e. The molecule has 0 aliphatic heterocycles. The lowest BCUT2D eigenvalue weighted by Crippen LogP contribution is -2.08. The lowest BCUT2D eigenvalue weighted by Gasteiger charge is -2.10. The molecule has 0 atom stereocenters. The number of phenols is 2. The van der Waals surface area contributed by atoms with Crippen molar-refractivity contribution in [3.8, 4) is 11.5 Å². The summed E-state index contributed by atoms with van der Waals surface area (Å²) < 4.78 is 5.39. The molecule has 4 nitrogen and oxygen atoms in total. The van der Waals surface area contributed by atoms with Crippen molar-refractivity contribution >= 4 is 5.97 Å². The fourth-order valence-electron chi connectivity index (χ4n) is 2.53. The predicted octanol–water partition coefficient (Wildman–Crippen LogP) is 4.05. The summed E-state index contributed by atoms with van der Waals surface area (Å²) in [4.78, 5) is 12.4. The van der Waals surface area contributed by atoms with Gasteiger partial charge in [-0.3, -0.25) is 0 Å². The van der Waals surface area contributed by atoms with Crippen molar-refractivity contribution in [2.24, 2.45) is 0 Å². The highest BCUT2D eigenvalue weighted by Gasteiger charge is 2.13. The lowest BCUT2D eigenvalue weighted by molar-refractivity contribution is 0.0471. The highest BCUT2D eigenvalue weighted by atomic mass is 16.5. The van der Waals surface area contributed by atoms with Crippen LogP contribution in [0.2, 0.25) is 0 Å². The number of aromatic hydroxyl groups is 2. The van der Waals surface area contributed by atoms with E-state index in [9.17, 15) is 15.0 Å². The van der Waals surface area contributed by atoms with E-state index in [4.69, 9.17) is 4.74 Å². The molecule has 0 bridgehead atoms. The standard InChI is InChI=1S/C21H18O4/c22-18-9-5-15(6-10-18)13-17-3-1-2-4-20(17)21(24)25-14-16-7-11-19(23)12-8-16/h1-12,22-23H,13-14H2. The molecule has 0 aliphatic carbocycles. The third kappa shape index (κ3) is 4.38. The number of rotatable bonds is 5. The van der Waals surface area contributed by atoms with Crippen molar-refractivity contribution in [1.82, 2.24) is 0 Å². The summed E-state index contributed by atoms with van der Waals surface area (Å²) >= 11 is 0. The maximum absolute atomic E-state index is 12.4. The third-order valence-electron chi connectivity index (χ3n) is 3.87. The van der Waals surface area contributed by atoms with Crippen LogP contribution in [-0.2, 0) is 17.8 Å². The Hall–Kier alpha value is -3.27. The number of esters is 1. The molecule has 0 saturated carbocycles. The third-order valence-corrected chi connectivity index (χ3v) is 3.87. The zero-order valence-electron chi connectivity index (χ0n) is 13.6. The SMILES string of the molecule is O=C(OCc1ccc(O)cc1)c1ccccc1Cc1ccc(O)cc1. The van der Waals surface area contributed by atoms with Crippen LogP contribution < -0.4 is 0 Å². The second-order valence-electron chi connectivity index (χ2n) is 5.74. The van der Waals surface area contributed by atoms with Gasteiger partial charge in [-0.15, -0.1) is 0 Å². The van der Waals surface area contributed by atoms with Crippen LogP contribution in [0.5, 0.6) is 11.5 Å². The fraction of sp³-hybridized carbons (Fsp3) is 0.0952. The van der Waals surface area contributed by atoms with Crippen LogP contribution in [0, 0.1) is 0 Å². The molecule has 4 heteroatoms. The molecule has 0 aliphatic rings. The van der Waals surface area contributed by atoms with Gasteiger partial charge in [-0.1, -0.05) is 42.5 Å². The van der Waals surface area contributed by atoms with Crippen LogP contribution in [0.1, 0.15) is 27.0 Å². The fourth-order valence-corrected chi connectivity index (χ4v) is 2.53.